The minimum Gasteiger partial charge on any atom is -0.493 e. The van der Waals surface area contributed by atoms with Gasteiger partial charge in [-0.1, -0.05) is 18.2 Å². The Morgan fingerprint density at radius 1 is 1.00 bits per heavy atom. The summed E-state index contributed by atoms with van der Waals surface area (Å²) in [6.07, 6.45) is -2.58. The van der Waals surface area contributed by atoms with Crippen LogP contribution in [0.25, 0.3) is 0 Å². The van der Waals surface area contributed by atoms with Gasteiger partial charge in [-0.05, 0) is 66.6 Å². The summed E-state index contributed by atoms with van der Waals surface area (Å²) in [5.74, 6) is 0.373. The second-order valence-corrected chi connectivity index (χ2v) is 10.1. The summed E-state index contributed by atoms with van der Waals surface area (Å²) < 4.78 is 50.3. The number of benzene rings is 2. The van der Waals surface area contributed by atoms with Crippen LogP contribution < -0.4 is 9.47 Å². The molecule has 3 aromatic rings. The first kappa shape index (κ1) is 27.5. The molecule has 0 atom stereocenters. The van der Waals surface area contributed by atoms with Crippen molar-refractivity contribution in [3.63, 3.8) is 0 Å². The number of alkyl halides is 3. The summed E-state index contributed by atoms with van der Waals surface area (Å²) in [4.78, 5) is 30.9. The maximum Gasteiger partial charge on any atom is 0.416 e. The molecule has 0 aliphatic heterocycles. The fourth-order valence-corrected chi connectivity index (χ4v) is 4.90. The average molecular weight is 547 g/mol. The molecule has 0 spiro atoms. The summed E-state index contributed by atoms with van der Waals surface area (Å²) in [7, 11) is 3.12. The summed E-state index contributed by atoms with van der Waals surface area (Å²) >= 11 is 1.53. The number of carbonyl (C=O) groups excluding carboxylic acids is 2. The van der Waals surface area contributed by atoms with E-state index in [9.17, 15) is 22.8 Å². The molecule has 1 fully saturated rings. The average Bonchev–Trinajstić information content (AvgIpc) is 3.63. The van der Waals surface area contributed by atoms with Crippen molar-refractivity contribution in [1.29, 1.82) is 0 Å². The lowest BCUT2D eigenvalue weighted by Gasteiger charge is -2.28. The van der Waals surface area contributed by atoms with Crippen LogP contribution in [-0.2, 0) is 23.9 Å². The van der Waals surface area contributed by atoms with Crippen LogP contribution in [0.5, 0.6) is 11.5 Å². The Balaban J connectivity index is 1.51. The van der Waals surface area contributed by atoms with E-state index in [1.54, 1.807) is 19.1 Å². The number of halogens is 3. The molecular weight excluding hydrogens is 517 g/mol. The molecule has 0 saturated heterocycles. The first-order valence-corrected chi connectivity index (χ1v) is 13.1. The van der Waals surface area contributed by atoms with E-state index in [0.29, 0.717) is 43.9 Å². The van der Waals surface area contributed by atoms with Gasteiger partial charge in [0.25, 0.3) is 5.91 Å². The number of hydrogen-bond donors (Lipinski definition) is 0. The van der Waals surface area contributed by atoms with Gasteiger partial charge in [0.2, 0.25) is 5.91 Å². The van der Waals surface area contributed by atoms with Crippen LogP contribution in [0.2, 0.25) is 0 Å². The van der Waals surface area contributed by atoms with Crippen LogP contribution in [0.15, 0.2) is 60.0 Å². The Morgan fingerprint density at radius 3 is 2.39 bits per heavy atom. The van der Waals surface area contributed by atoms with Crippen LogP contribution in [-0.4, -0.2) is 55.0 Å². The van der Waals surface area contributed by atoms with Gasteiger partial charge in [-0.25, -0.2) is 0 Å². The molecule has 2 aromatic carbocycles. The number of hydrogen-bond acceptors (Lipinski definition) is 5. The van der Waals surface area contributed by atoms with Crippen LogP contribution in [0.1, 0.15) is 39.2 Å². The molecule has 1 aliphatic carbocycles. The molecule has 2 amide bonds. The third-order valence-electron chi connectivity index (χ3n) is 6.39. The molecule has 38 heavy (non-hydrogen) atoms. The molecule has 1 saturated carbocycles. The topological polar surface area (TPSA) is 59.1 Å². The van der Waals surface area contributed by atoms with Crippen LogP contribution in [0.4, 0.5) is 13.2 Å². The lowest BCUT2D eigenvalue weighted by atomic mass is 10.1. The monoisotopic (exact) mass is 546 g/mol. The van der Waals surface area contributed by atoms with E-state index in [1.807, 2.05) is 35.7 Å². The van der Waals surface area contributed by atoms with Gasteiger partial charge in [0.1, 0.15) is 6.54 Å². The zero-order valence-electron chi connectivity index (χ0n) is 21.2. The number of rotatable bonds is 11. The highest BCUT2D eigenvalue weighted by Crippen LogP contribution is 2.32. The third-order valence-corrected chi connectivity index (χ3v) is 7.25. The molecular formula is C28H29F3N2O4S. The van der Waals surface area contributed by atoms with Gasteiger partial charge in [-0.2, -0.15) is 13.2 Å². The number of thiophene rings is 1. The second-order valence-electron chi connectivity index (χ2n) is 9.08. The Morgan fingerprint density at radius 2 is 1.76 bits per heavy atom. The van der Waals surface area contributed by atoms with E-state index in [-0.39, 0.29) is 24.1 Å². The SMILES string of the molecule is COc1ccc(CCN(Cc2cccs2)C(=O)CN(C(=O)c2cccc(C(F)(F)F)c2)C2CC2)cc1OC. The van der Waals surface area contributed by atoms with E-state index in [4.69, 9.17) is 9.47 Å². The van der Waals surface area contributed by atoms with E-state index in [1.165, 1.54) is 28.4 Å². The lowest BCUT2D eigenvalue weighted by molar-refractivity contribution is -0.137. The number of amides is 2. The second kappa shape index (κ2) is 11.9. The fourth-order valence-electron chi connectivity index (χ4n) is 4.18. The zero-order chi connectivity index (χ0) is 27.3. The van der Waals surface area contributed by atoms with E-state index in [2.05, 4.69) is 0 Å². The van der Waals surface area contributed by atoms with E-state index >= 15 is 0 Å². The van der Waals surface area contributed by atoms with Crippen molar-refractivity contribution in [2.45, 2.75) is 38.0 Å². The van der Waals surface area contributed by atoms with Gasteiger partial charge in [0, 0.05) is 23.0 Å². The molecule has 0 N–H and O–H groups in total. The highest BCUT2D eigenvalue weighted by Gasteiger charge is 2.37. The molecule has 0 bridgehead atoms. The quantitative estimate of drug-likeness (QED) is 0.312. The minimum atomic E-state index is -4.56. The summed E-state index contributed by atoms with van der Waals surface area (Å²) in [5, 5.41) is 1.93. The Labute approximate surface area is 223 Å². The molecule has 4 rings (SSSR count). The molecule has 1 aliphatic rings. The number of carbonyl (C=O) groups is 2. The van der Waals surface area contributed by atoms with E-state index in [0.717, 1.165) is 22.6 Å². The number of ether oxygens (including phenoxy) is 2. The fraction of sp³-hybridized carbons (Fsp3) is 0.357. The summed E-state index contributed by atoms with van der Waals surface area (Å²) in [6.45, 7) is 0.569. The number of methoxy groups -OCH3 is 2. The van der Waals surface area contributed by atoms with Crippen LogP contribution in [0.3, 0.4) is 0 Å². The van der Waals surface area contributed by atoms with E-state index < -0.39 is 17.6 Å². The minimum absolute atomic E-state index is 0.0744. The maximum absolute atomic E-state index is 13.5. The van der Waals surface area contributed by atoms with Crippen LogP contribution in [0, 0.1) is 0 Å². The van der Waals surface area contributed by atoms with Crippen molar-refractivity contribution in [2.75, 3.05) is 27.3 Å². The van der Waals surface area contributed by atoms with Gasteiger partial charge in [0.05, 0.1) is 26.3 Å². The first-order chi connectivity index (χ1) is 18.2. The molecule has 0 radical (unpaired) electrons. The predicted molar refractivity (Wildman–Crippen MR) is 138 cm³/mol. The highest BCUT2D eigenvalue weighted by molar-refractivity contribution is 7.09. The van der Waals surface area contributed by atoms with Crippen molar-refractivity contribution in [1.82, 2.24) is 9.80 Å². The molecule has 202 valence electrons. The molecule has 6 nitrogen and oxygen atoms in total. The van der Waals surface area contributed by atoms with Gasteiger partial charge in [-0.15, -0.1) is 11.3 Å². The zero-order valence-corrected chi connectivity index (χ0v) is 22.0. The van der Waals surface area contributed by atoms with Gasteiger partial charge < -0.3 is 19.3 Å². The van der Waals surface area contributed by atoms with Gasteiger partial charge in [0.15, 0.2) is 11.5 Å². The van der Waals surface area contributed by atoms with Crippen molar-refractivity contribution in [3.8, 4) is 11.5 Å². The van der Waals surface area contributed by atoms with Gasteiger partial charge >= 0.3 is 6.18 Å². The highest BCUT2D eigenvalue weighted by atomic mass is 32.1. The molecule has 1 aromatic heterocycles. The normalized spacial score (nSPS) is 13.2. The van der Waals surface area contributed by atoms with Crippen LogP contribution >= 0.6 is 11.3 Å². The summed E-state index contributed by atoms with van der Waals surface area (Å²) in [6, 6.07) is 13.6. The van der Waals surface area contributed by atoms with Crippen molar-refractivity contribution < 1.29 is 32.2 Å². The molecule has 1 heterocycles. The van der Waals surface area contributed by atoms with Crippen molar-refractivity contribution in [2.24, 2.45) is 0 Å². The Bertz CT molecular complexity index is 1260. The summed E-state index contributed by atoms with van der Waals surface area (Å²) in [5.41, 5.74) is -0.0138. The molecule has 0 unspecified atom stereocenters. The Kier molecular flexibility index (Phi) is 8.61. The smallest absolute Gasteiger partial charge is 0.416 e. The number of nitrogens with zero attached hydrogens (tertiary/aromatic N) is 2. The predicted octanol–water partition coefficient (Wildman–Crippen LogP) is 5.66. The van der Waals surface area contributed by atoms with Crippen molar-refractivity contribution >= 4 is 23.2 Å². The molecule has 10 heteroatoms. The first-order valence-electron chi connectivity index (χ1n) is 12.2. The third kappa shape index (κ3) is 6.86. The van der Waals surface area contributed by atoms with Crippen molar-refractivity contribution in [3.05, 3.63) is 81.5 Å². The van der Waals surface area contributed by atoms with Gasteiger partial charge in [-0.3, -0.25) is 9.59 Å². The Hall–Kier alpha value is -3.53. The lowest BCUT2D eigenvalue weighted by Crippen LogP contribution is -2.44. The standard InChI is InChI=1S/C28H29F3N2O4S/c1-36-24-11-8-19(15-25(24)37-2)12-13-32(17-23-7-4-14-38-23)26(34)18-33(22-9-10-22)27(35)20-5-3-6-21(16-20)28(29,30)31/h3-8,11,14-16,22H,9-10,12-13,17-18H2,1-2H3. The largest absolute Gasteiger partial charge is 0.493 e. The maximum atomic E-state index is 13.5.